The molecule has 3 N–H and O–H groups in total. The lowest BCUT2D eigenvalue weighted by Crippen LogP contribution is -2.44. The fourth-order valence-electron chi connectivity index (χ4n) is 3.12. The first-order valence-corrected chi connectivity index (χ1v) is 8.65. The van der Waals surface area contributed by atoms with Crippen LogP contribution >= 0.6 is 0 Å². The van der Waals surface area contributed by atoms with E-state index in [1.807, 2.05) is 25.4 Å². The second-order valence-electron chi connectivity index (χ2n) is 6.64. The van der Waals surface area contributed by atoms with Gasteiger partial charge in [0.1, 0.15) is 5.82 Å². The number of pyridine rings is 2. The number of piperidine rings is 1. The number of hydrogen-bond acceptors (Lipinski definition) is 5. The molecule has 8 heteroatoms. The molecule has 3 aromatic heterocycles. The zero-order valence-electron chi connectivity index (χ0n) is 14.6. The predicted molar refractivity (Wildman–Crippen MR) is 99.5 cm³/mol. The van der Waals surface area contributed by atoms with Gasteiger partial charge in [-0.2, -0.15) is 5.10 Å². The highest BCUT2D eigenvalue weighted by Gasteiger charge is 2.20. The zero-order chi connectivity index (χ0) is 18.1. The monoisotopic (exact) mass is 351 g/mol. The largest absolute Gasteiger partial charge is 0.328 e. The predicted octanol–water partition coefficient (Wildman–Crippen LogP) is 1.99. The number of nitrogens with zero attached hydrogens (tertiary/aromatic N) is 5. The summed E-state index contributed by atoms with van der Waals surface area (Å²) in [7, 11) is 1.88. The van der Waals surface area contributed by atoms with E-state index in [9.17, 15) is 4.79 Å². The van der Waals surface area contributed by atoms with Gasteiger partial charge in [-0.15, -0.1) is 0 Å². The van der Waals surface area contributed by atoms with E-state index in [1.165, 1.54) is 0 Å². The van der Waals surface area contributed by atoms with E-state index >= 15 is 0 Å². The molecule has 4 heterocycles. The minimum atomic E-state index is -0.139. The van der Waals surface area contributed by atoms with Crippen molar-refractivity contribution in [1.29, 1.82) is 0 Å². The maximum absolute atomic E-state index is 12.4. The van der Waals surface area contributed by atoms with Crippen molar-refractivity contribution in [2.75, 3.05) is 18.4 Å². The standard InChI is InChI=1S/C18H21N7O/c1-24-11-14(9-22-24)13-6-12-7-17(21-10-16(12)20-8-13)23-18(26)25-4-2-15(19)3-5-25/h6-11,15H,2-5,19H2,1H3,(H,21,23,26). The molecule has 1 saturated heterocycles. The number of likely N-dealkylation sites (tertiary alicyclic amines) is 1. The summed E-state index contributed by atoms with van der Waals surface area (Å²) >= 11 is 0. The average Bonchev–Trinajstić information content (AvgIpc) is 3.08. The first kappa shape index (κ1) is 16.5. The summed E-state index contributed by atoms with van der Waals surface area (Å²) in [5, 5.41) is 7.98. The molecule has 3 aromatic rings. The molecule has 0 spiro atoms. The van der Waals surface area contributed by atoms with E-state index < -0.39 is 0 Å². The Morgan fingerprint density at radius 1 is 1.15 bits per heavy atom. The summed E-state index contributed by atoms with van der Waals surface area (Å²) in [4.78, 5) is 22.9. The smallest absolute Gasteiger partial charge is 0.323 e. The second-order valence-corrected chi connectivity index (χ2v) is 6.64. The highest BCUT2D eigenvalue weighted by Crippen LogP contribution is 2.23. The minimum absolute atomic E-state index is 0.139. The molecule has 0 aliphatic carbocycles. The molecule has 0 unspecified atom stereocenters. The number of nitrogens with one attached hydrogen (secondary N) is 1. The molecular weight excluding hydrogens is 330 g/mol. The lowest BCUT2D eigenvalue weighted by atomic mass is 10.1. The maximum Gasteiger partial charge on any atom is 0.323 e. The Hall–Kier alpha value is -3.00. The Kier molecular flexibility index (Phi) is 4.26. The van der Waals surface area contributed by atoms with Gasteiger partial charge in [-0.25, -0.2) is 9.78 Å². The number of amides is 2. The lowest BCUT2D eigenvalue weighted by molar-refractivity contribution is 0.195. The Labute approximate surface area is 151 Å². The van der Waals surface area contributed by atoms with E-state index in [4.69, 9.17) is 5.73 Å². The van der Waals surface area contributed by atoms with Crippen LogP contribution in [0, 0.1) is 0 Å². The van der Waals surface area contributed by atoms with Gasteiger partial charge in [-0.3, -0.25) is 15.0 Å². The highest BCUT2D eigenvalue weighted by atomic mass is 16.2. The number of nitrogens with two attached hydrogens (primary N) is 1. The molecule has 0 atom stereocenters. The van der Waals surface area contributed by atoms with Crippen molar-refractivity contribution in [3.05, 3.63) is 36.9 Å². The zero-order valence-corrected chi connectivity index (χ0v) is 14.6. The van der Waals surface area contributed by atoms with E-state index in [-0.39, 0.29) is 12.1 Å². The molecule has 1 aliphatic rings. The number of hydrogen-bond donors (Lipinski definition) is 2. The first-order valence-electron chi connectivity index (χ1n) is 8.65. The van der Waals surface area contributed by atoms with Crippen LogP contribution in [-0.2, 0) is 7.05 Å². The molecule has 0 aromatic carbocycles. The fraction of sp³-hybridized carbons (Fsp3) is 0.333. The third-order valence-electron chi connectivity index (χ3n) is 4.67. The molecule has 0 bridgehead atoms. The van der Waals surface area contributed by atoms with Crippen LogP contribution in [0.3, 0.4) is 0 Å². The van der Waals surface area contributed by atoms with Crippen molar-refractivity contribution in [2.45, 2.75) is 18.9 Å². The second kappa shape index (κ2) is 6.72. The van der Waals surface area contributed by atoms with Gasteiger partial charge in [0, 0.05) is 55.1 Å². The molecule has 0 saturated carbocycles. The number of rotatable bonds is 2. The molecule has 1 fully saturated rings. The van der Waals surface area contributed by atoms with Crippen molar-refractivity contribution in [3.63, 3.8) is 0 Å². The van der Waals surface area contributed by atoms with Crippen LogP contribution in [0.1, 0.15) is 12.8 Å². The SMILES string of the molecule is Cn1cc(-c2cnc3cnc(NC(=O)N4CCC(N)CC4)cc3c2)cn1. The van der Waals surface area contributed by atoms with Crippen molar-refractivity contribution in [1.82, 2.24) is 24.6 Å². The highest BCUT2D eigenvalue weighted by molar-refractivity contribution is 5.91. The van der Waals surface area contributed by atoms with Gasteiger partial charge in [0.15, 0.2) is 0 Å². The van der Waals surface area contributed by atoms with Crippen LogP contribution in [0.5, 0.6) is 0 Å². The van der Waals surface area contributed by atoms with Gasteiger partial charge in [0.25, 0.3) is 0 Å². The Morgan fingerprint density at radius 3 is 2.69 bits per heavy atom. The lowest BCUT2D eigenvalue weighted by Gasteiger charge is -2.30. The molecule has 134 valence electrons. The number of carbonyl (C=O) groups is 1. The fourth-order valence-corrected chi connectivity index (χ4v) is 3.12. The van der Waals surface area contributed by atoms with Crippen LogP contribution in [0.15, 0.2) is 36.9 Å². The average molecular weight is 351 g/mol. The molecule has 4 rings (SSSR count). The van der Waals surface area contributed by atoms with Gasteiger partial charge in [-0.1, -0.05) is 0 Å². The Morgan fingerprint density at radius 2 is 1.96 bits per heavy atom. The molecular formula is C18H21N7O. The summed E-state index contributed by atoms with van der Waals surface area (Å²) in [5.41, 5.74) is 8.64. The van der Waals surface area contributed by atoms with Crippen LogP contribution in [0.4, 0.5) is 10.6 Å². The molecule has 0 radical (unpaired) electrons. The summed E-state index contributed by atoms with van der Waals surface area (Å²) in [6, 6.07) is 3.92. The van der Waals surface area contributed by atoms with Crippen LogP contribution in [0.2, 0.25) is 0 Å². The summed E-state index contributed by atoms with van der Waals surface area (Å²) in [6.45, 7) is 1.35. The Bertz CT molecular complexity index is 944. The maximum atomic E-state index is 12.4. The van der Waals surface area contributed by atoms with E-state index in [0.29, 0.717) is 18.9 Å². The van der Waals surface area contributed by atoms with Gasteiger partial charge >= 0.3 is 6.03 Å². The van der Waals surface area contributed by atoms with Crippen molar-refractivity contribution >= 4 is 22.8 Å². The van der Waals surface area contributed by atoms with Crippen LogP contribution in [-0.4, -0.2) is 49.8 Å². The van der Waals surface area contributed by atoms with E-state index in [2.05, 4.69) is 20.4 Å². The molecule has 26 heavy (non-hydrogen) atoms. The number of aryl methyl sites for hydroxylation is 1. The normalized spacial score (nSPS) is 15.4. The van der Waals surface area contributed by atoms with Gasteiger partial charge in [-0.05, 0) is 25.0 Å². The summed E-state index contributed by atoms with van der Waals surface area (Å²) in [6.07, 6.45) is 8.87. The van der Waals surface area contributed by atoms with Gasteiger partial charge in [0.2, 0.25) is 0 Å². The number of anilines is 1. The topological polar surface area (TPSA) is 102 Å². The number of urea groups is 1. The van der Waals surface area contributed by atoms with Crippen molar-refractivity contribution in [2.24, 2.45) is 12.8 Å². The third-order valence-corrected chi connectivity index (χ3v) is 4.67. The van der Waals surface area contributed by atoms with Crippen molar-refractivity contribution < 1.29 is 4.79 Å². The molecule has 2 amide bonds. The van der Waals surface area contributed by atoms with Gasteiger partial charge < -0.3 is 10.6 Å². The minimum Gasteiger partial charge on any atom is -0.328 e. The van der Waals surface area contributed by atoms with Crippen molar-refractivity contribution in [3.8, 4) is 11.1 Å². The van der Waals surface area contributed by atoms with E-state index in [0.717, 1.165) is 34.9 Å². The number of aromatic nitrogens is 4. The molecule has 1 aliphatic heterocycles. The third kappa shape index (κ3) is 3.36. The van der Waals surface area contributed by atoms with Crippen LogP contribution < -0.4 is 11.1 Å². The van der Waals surface area contributed by atoms with Crippen LogP contribution in [0.25, 0.3) is 22.0 Å². The molecule has 8 nitrogen and oxygen atoms in total. The quantitative estimate of drug-likeness (QED) is 0.735. The summed E-state index contributed by atoms with van der Waals surface area (Å²) in [5.74, 6) is 0.516. The van der Waals surface area contributed by atoms with Gasteiger partial charge in [0.05, 0.1) is 17.9 Å². The first-order chi connectivity index (χ1) is 12.6. The Balaban J connectivity index is 1.55. The number of fused-ring (bicyclic) bond motifs is 1. The number of carbonyl (C=O) groups excluding carboxylic acids is 1. The van der Waals surface area contributed by atoms with E-state index in [1.54, 1.807) is 28.2 Å². The summed E-state index contributed by atoms with van der Waals surface area (Å²) < 4.78 is 1.75.